The van der Waals surface area contributed by atoms with Gasteiger partial charge in [-0.25, -0.2) is 4.39 Å². The van der Waals surface area contributed by atoms with Gasteiger partial charge in [-0.3, -0.25) is 4.79 Å². The summed E-state index contributed by atoms with van der Waals surface area (Å²) in [5, 5.41) is 2.93. The van der Waals surface area contributed by atoms with Crippen LogP contribution >= 0.6 is 0 Å². The highest BCUT2D eigenvalue weighted by molar-refractivity contribution is 5.84. The topological polar surface area (TPSA) is 58.4 Å². The number of carbonyl (C=O) groups is 1. The number of hydrogen-bond acceptors (Lipinski definition) is 3. The lowest BCUT2D eigenvalue weighted by atomic mass is 10.1. The van der Waals surface area contributed by atoms with Crippen molar-refractivity contribution in [3.8, 4) is 0 Å². The van der Waals surface area contributed by atoms with Gasteiger partial charge in [0.2, 0.25) is 5.91 Å². The minimum Gasteiger partial charge on any atom is -0.360 e. The van der Waals surface area contributed by atoms with Crippen molar-refractivity contribution >= 4 is 11.6 Å². The standard InChI is InChI=1S/C16H26FN3O/c1-12(2)11-19-16(21)13(3)20(10-4-9-18)15-7-5-14(17)6-8-15/h5-8,12-13H,4,9-11,18H2,1-3H3,(H,19,21). The molecule has 0 saturated heterocycles. The van der Waals surface area contributed by atoms with Gasteiger partial charge >= 0.3 is 0 Å². The van der Waals surface area contributed by atoms with Gasteiger partial charge in [0.05, 0.1) is 0 Å². The van der Waals surface area contributed by atoms with Gasteiger partial charge in [0.1, 0.15) is 11.9 Å². The SMILES string of the molecule is CC(C)CNC(=O)C(C)N(CCCN)c1ccc(F)cc1. The molecule has 1 unspecified atom stereocenters. The molecule has 0 saturated carbocycles. The van der Waals surface area contributed by atoms with E-state index in [2.05, 4.69) is 19.2 Å². The third kappa shape index (κ3) is 5.71. The molecular formula is C16H26FN3O. The quantitative estimate of drug-likeness (QED) is 0.772. The monoisotopic (exact) mass is 295 g/mol. The Hall–Kier alpha value is -1.62. The first-order valence-corrected chi connectivity index (χ1v) is 7.45. The largest absolute Gasteiger partial charge is 0.360 e. The lowest BCUT2D eigenvalue weighted by Crippen LogP contribution is -2.46. The maximum Gasteiger partial charge on any atom is 0.242 e. The zero-order valence-corrected chi connectivity index (χ0v) is 13.1. The van der Waals surface area contributed by atoms with Crippen LogP contribution in [0.25, 0.3) is 0 Å². The van der Waals surface area contributed by atoms with Crippen LogP contribution in [0.3, 0.4) is 0 Å². The molecule has 0 heterocycles. The molecule has 0 radical (unpaired) electrons. The van der Waals surface area contributed by atoms with E-state index in [-0.39, 0.29) is 17.8 Å². The Morgan fingerprint density at radius 1 is 1.29 bits per heavy atom. The summed E-state index contributed by atoms with van der Waals surface area (Å²) in [6, 6.07) is 5.88. The van der Waals surface area contributed by atoms with Gasteiger partial charge in [0.15, 0.2) is 0 Å². The lowest BCUT2D eigenvalue weighted by molar-refractivity contribution is -0.122. The van der Waals surface area contributed by atoms with Crippen molar-refractivity contribution in [2.45, 2.75) is 33.2 Å². The Morgan fingerprint density at radius 2 is 1.90 bits per heavy atom. The molecule has 3 N–H and O–H groups in total. The molecule has 0 fully saturated rings. The van der Waals surface area contributed by atoms with Gasteiger partial charge in [-0.15, -0.1) is 0 Å². The lowest BCUT2D eigenvalue weighted by Gasteiger charge is -2.30. The van der Waals surface area contributed by atoms with Crippen molar-refractivity contribution in [1.29, 1.82) is 0 Å². The minimum atomic E-state index is -0.319. The number of nitrogens with two attached hydrogens (primary N) is 1. The number of benzene rings is 1. The number of hydrogen-bond donors (Lipinski definition) is 2. The van der Waals surface area contributed by atoms with E-state index in [1.165, 1.54) is 12.1 Å². The minimum absolute atomic E-state index is 0.0231. The van der Waals surface area contributed by atoms with Crippen molar-refractivity contribution in [1.82, 2.24) is 5.32 Å². The van der Waals surface area contributed by atoms with E-state index < -0.39 is 0 Å². The third-order valence-corrected chi connectivity index (χ3v) is 3.29. The van der Waals surface area contributed by atoms with Crippen LogP contribution in [0.1, 0.15) is 27.2 Å². The predicted molar refractivity (Wildman–Crippen MR) is 84.7 cm³/mol. The van der Waals surface area contributed by atoms with E-state index in [9.17, 15) is 9.18 Å². The summed E-state index contributed by atoms with van der Waals surface area (Å²) in [7, 11) is 0. The summed E-state index contributed by atoms with van der Waals surface area (Å²) in [6.45, 7) is 7.83. The molecule has 5 heteroatoms. The Balaban J connectivity index is 2.80. The molecule has 0 aliphatic carbocycles. The van der Waals surface area contributed by atoms with E-state index in [4.69, 9.17) is 5.73 Å². The Bertz CT molecular complexity index is 434. The molecule has 1 atom stereocenters. The number of carbonyl (C=O) groups excluding carboxylic acids is 1. The summed E-state index contributed by atoms with van der Waals surface area (Å²) in [5.74, 6) is 0.101. The van der Waals surface area contributed by atoms with Gasteiger partial charge in [0, 0.05) is 18.8 Å². The number of halogens is 1. The van der Waals surface area contributed by atoms with Crippen molar-refractivity contribution in [2.24, 2.45) is 11.7 Å². The molecule has 0 aromatic heterocycles. The highest BCUT2D eigenvalue weighted by Crippen LogP contribution is 2.18. The Morgan fingerprint density at radius 3 is 2.43 bits per heavy atom. The molecule has 0 aliphatic heterocycles. The van der Waals surface area contributed by atoms with Crippen LogP contribution in [0.5, 0.6) is 0 Å². The van der Waals surface area contributed by atoms with Crippen molar-refractivity contribution < 1.29 is 9.18 Å². The van der Waals surface area contributed by atoms with Crippen LogP contribution in [0.15, 0.2) is 24.3 Å². The first-order chi connectivity index (χ1) is 9.95. The second-order valence-corrected chi connectivity index (χ2v) is 5.63. The van der Waals surface area contributed by atoms with Crippen molar-refractivity contribution in [2.75, 3.05) is 24.5 Å². The van der Waals surface area contributed by atoms with Gasteiger partial charge in [-0.2, -0.15) is 0 Å². The fraction of sp³-hybridized carbons (Fsp3) is 0.562. The number of rotatable bonds is 8. The molecule has 4 nitrogen and oxygen atoms in total. The summed E-state index contributed by atoms with van der Waals surface area (Å²) < 4.78 is 13.1. The molecule has 1 aromatic carbocycles. The van der Waals surface area contributed by atoms with Crippen LogP contribution < -0.4 is 16.0 Å². The first kappa shape index (κ1) is 17.4. The molecule has 118 valence electrons. The summed E-state index contributed by atoms with van der Waals surface area (Å²) in [4.78, 5) is 14.2. The third-order valence-electron chi connectivity index (χ3n) is 3.29. The number of nitrogens with one attached hydrogen (secondary N) is 1. The summed E-state index contributed by atoms with van der Waals surface area (Å²) in [5.41, 5.74) is 6.40. The second-order valence-electron chi connectivity index (χ2n) is 5.63. The zero-order valence-electron chi connectivity index (χ0n) is 13.1. The average molecular weight is 295 g/mol. The average Bonchev–Trinajstić information content (AvgIpc) is 2.46. The van der Waals surface area contributed by atoms with Crippen LogP contribution in [-0.2, 0) is 4.79 Å². The highest BCUT2D eigenvalue weighted by Gasteiger charge is 2.21. The Labute approximate surface area is 126 Å². The van der Waals surface area contributed by atoms with Gasteiger partial charge < -0.3 is 16.0 Å². The normalized spacial score (nSPS) is 12.3. The molecule has 1 rings (SSSR count). The Kier molecular flexibility index (Phi) is 7.15. The first-order valence-electron chi connectivity index (χ1n) is 7.45. The van der Waals surface area contributed by atoms with Crippen LogP contribution in [0.4, 0.5) is 10.1 Å². The summed E-state index contributed by atoms with van der Waals surface area (Å²) in [6.07, 6.45) is 0.777. The summed E-state index contributed by atoms with van der Waals surface area (Å²) >= 11 is 0. The van der Waals surface area contributed by atoms with Gasteiger partial charge in [-0.05, 0) is 50.1 Å². The van der Waals surface area contributed by atoms with E-state index in [0.29, 0.717) is 25.6 Å². The maximum absolute atomic E-state index is 13.1. The van der Waals surface area contributed by atoms with Gasteiger partial charge in [-0.1, -0.05) is 13.8 Å². The molecule has 1 amide bonds. The number of anilines is 1. The van der Waals surface area contributed by atoms with Crippen molar-refractivity contribution in [3.63, 3.8) is 0 Å². The second kappa shape index (κ2) is 8.62. The maximum atomic E-state index is 13.1. The van der Waals surface area contributed by atoms with Crippen molar-refractivity contribution in [3.05, 3.63) is 30.1 Å². The molecular weight excluding hydrogens is 269 g/mol. The van der Waals surface area contributed by atoms with Crippen LogP contribution in [0.2, 0.25) is 0 Å². The number of amides is 1. The molecule has 21 heavy (non-hydrogen) atoms. The van der Waals surface area contributed by atoms with E-state index >= 15 is 0 Å². The fourth-order valence-electron chi connectivity index (χ4n) is 2.03. The predicted octanol–water partition coefficient (Wildman–Crippen LogP) is 2.14. The van der Waals surface area contributed by atoms with Gasteiger partial charge in [0.25, 0.3) is 0 Å². The number of nitrogens with zero attached hydrogens (tertiary/aromatic N) is 1. The molecule has 0 spiro atoms. The van der Waals surface area contributed by atoms with E-state index in [1.54, 1.807) is 12.1 Å². The van der Waals surface area contributed by atoms with E-state index in [1.807, 2.05) is 11.8 Å². The molecule has 1 aromatic rings. The molecule has 0 bridgehead atoms. The van der Waals surface area contributed by atoms with E-state index in [0.717, 1.165) is 12.1 Å². The molecule has 0 aliphatic rings. The smallest absolute Gasteiger partial charge is 0.242 e. The van der Waals surface area contributed by atoms with Crippen LogP contribution in [0, 0.1) is 11.7 Å². The zero-order chi connectivity index (χ0) is 15.8. The fourth-order valence-corrected chi connectivity index (χ4v) is 2.03. The highest BCUT2D eigenvalue weighted by atomic mass is 19.1. The van der Waals surface area contributed by atoms with Crippen LogP contribution in [-0.4, -0.2) is 31.6 Å².